The zero-order valence-corrected chi connectivity index (χ0v) is 11.1. The van der Waals surface area contributed by atoms with Gasteiger partial charge in [-0.15, -0.1) is 0 Å². The van der Waals surface area contributed by atoms with E-state index in [0.29, 0.717) is 5.56 Å². The summed E-state index contributed by atoms with van der Waals surface area (Å²) in [6, 6.07) is 7.09. The summed E-state index contributed by atoms with van der Waals surface area (Å²) in [5.41, 5.74) is 1.14. The molecule has 3 heteroatoms. The van der Waals surface area contributed by atoms with Gasteiger partial charge in [0, 0.05) is 12.2 Å². The molecule has 0 saturated heterocycles. The summed E-state index contributed by atoms with van der Waals surface area (Å²) in [5.74, 6) is 0. The Hall–Kier alpha value is -1.90. The van der Waals surface area contributed by atoms with Crippen LogP contribution in [0.25, 0.3) is 6.08 Å². The second-order valence-electron chi connectivity index (χ2n) is 3.31. The maximum absolute atomic E-state index is 10.8. The van der Waals surface area contributed by atoms with Crippen molar-refractivity contribution in [3.63, 3.8) is 0 Å². The third-order valence-electron chi connectivity index (χ3n) is 2.02. The summed E-state index contributed by atoms with van der Waals surface area (Å²) in [5, 5.41) is 3.19. The normalized spacial score (nSPS) is 10.2. The van der Waals surface area contributed by atoms with Crippen LogP contribution in [0, 0.1) is 0 Å². The average molecular weight is 249 g/mol. The maximum Gasteiger partial charge on any atom is 0.153 e. The van der Waals surface area contributed by atoms with Crippen molar-refractivity contribution in [2.45, 2.75) is 27.2 Å². The fourth-order valence-corrected chi connectivity index (χ4v) is 1.21. The van der Waals surface area contributed by atoms with Crippen LogP contribution in [-0.2, 0) is 9.59 Å². The molecule has 1 rings (SSSR count). The first-order valence-electron chi connectivity index (χ1n) is 7.12. The molecule has 0 heterocycles. The molecule has 0 aromatic heterocycles. The lowest BCUT2D eigenvalue weighted by molar-refractivity contribution is -0.109. The Kier molecular flexibility index (Phi) is 7.16. The largest absolute Gasteiger partial charge is 0.385 e. The minimum absolute atomic E-state index is 0.427. The summed E-state index contributed by atoms with van der Waals surface area (Å²) in [4.78, 5) is 21.7. The lowest BCUT2D eigenvalue weighted by Gasteiger charge is -2.04. The SMILES string of the molecule is CC.[2H]C(=O)C(=Cc1ccc(NCCC)cc1)C([2H])=O. The van der Waals surface area contributed by atoms with Crippen LogP contribution >= 0.6 is 0 Å². The van der Waals surface area contributed by atoms with Crippen LogP contribution in [0.5, 0.6) is 0 Å². The van der Waals surface area contributed by atoms with E-state index < -0.39 is 18.1 Å². The molecule has 0 fully saturated rings. The van der Waals surface area contributed by atoms with Gasteiger partial charge in [0.05, 0.1) is 5.57 Å². The fourth-order valence-electron chi connectivity index (χ4n) is 1.21. The van der Waals surface area contributed by atoms with E-state index >= 15 is 0 Å². The molecule has 0 amide bonds. The van der Waals surface area contributed by atoms with Crippen LogP contribution in [-0.4, -0.2) is 19.1 Å². The van der Waals surface area contributed by atoms with Crippen molar-refractivity contribution in [1.29, 1.82) is 0 Å². The third kappa shape index (κ3) is 5.99. The van der Waals surface area contributed by atoms with E-state index in [1.54, 1.807) is 12.1 Å². The number of carbonyl (C=O) groups excluding carboxylic acids is 2. The first-order chi connectivity index (χ1) is 9.54. The summed E-state index contributed by atoms with van der Waals surface area (Å²) < 4.78 is 13.8. The standard InChI is InChI=1S/C13H15NO2.C2H6/c1-2-7-14-13-5-3-11(4-6-13)8-12(9-15)10-16;1-2/h3-6,8-10,14H,2,7H2,1H3;1-2H3/i9D,10D;. The maximum atomic E-state index is 10.8. The van der Waals surface area contributed by atoms with Crippen molar-refractivity contribution in [2.75, 3.05) is 11.9 Å². The first-order valence-corrected chi connectivity index (χ1v) is 6.12. The van der Waals surface area contributed by atoms with Crippen LogP contribution < -0.4 is 5.32 Å². The zero-order chi connectivity index (χ0) is 15.5. The zero-order valence-electron chi connectivity index (χ0n) is 13.1. The quantitative estimate of drug-likeness (QED) is 0.364. The highest BCUT2D eigenvalue weighted by atomic mass is 16.1. The highest BCUT2D eigenvalue weighted by molar-refractivity contribution is 6.04. The monoisotopic (exact) mass is 249 g/mol. The van der Waals surface area contributed by atoms with Crippen LogP contribution in [0.1, 0.15) is 35.5 Å². The molecule has 0 bridgehead atoms. The molecule has 1 aromatic rings. The second-order valence-corrected chi connectivity index (χ2v) is 3.31. The second kappa shape index (κ2) is 10.3. The predicted octanol–water partition coefficient (Wildman–Crippen LogP) is 3.32. The number of rotatable bonds is 6. The molecule has 18 heavy (non-hydrogen) atoms. The molecule has 1 N–H and O–H groups in total. The molecule has 0 saturated carbocycles. The van der Waals surface area contributed by atoms with Gasteiger partial charge in [-0.1, -0.05) is 32.9 Å². The Morgan fingerprint density at radius 1 is 1.22 bits per heavy atom. The molecule has 0 aliphatic carbocycles. The number of hydrogen-bond acceptors (Lipinski definition) is 3. The predicted molar refractivity (Wildman–Crippen MR) is 76.7 cm³/mol. The molecule has 0 aliphatic rings. The summed E-state index contributed by atoms with van der Waals surface area (Å²) in [6.45, 7) is 6.94. The van der Waals surface area contributed by atoms with E-state index in [1.807, 2.05) is 26.0 Å². The van der Waals surface area contributed by atoms with Gasteiger partial charge in [0.25, 0.3) is 0 Å². The Labute approximate surface area is 112 Å². The van der Waals surface area contributed by atoms with E-state index in [4.69, 9.17) is 2.74 Å². The molecule has 1 aromatic carbocycles. The number of nitrogens with one attached hydrogen (secondary N) is 1. The highest BCUT2D eigenvalue weighted by Gasteiger charge is 1.94. The smallest absolute Gasteiger partial charge is 0.153 e. The van der Waals surface area contributed by atoms with Gasteiger partial charge in [-0.3, -0.25) is 9.59 Å². The molecular formula is C15H21NO2. The van der Waals surface area contributed by atoms with Gasteiger partial charge in [-0.05, 0) is 30.2 Å². The van der Waals surface area contributed by atoms with Crippen molar-refractivity contribution in [3.05, 3.63) is 35.4 Å². The molecule has 0 radical (unpaired) electrons. The van der Waals surface area contributed by atoms with Crippen molar-refractivity contribution in [2.24, 2.45) is 0 Å². The van der Waals surface area contributed by atoms with Crippen molar-refractivity contribution >= 4 is 24.3 Å². The Morgan fingerprint density at radius 3 is 2.22 bits per heavy atom. The molecule has 0 unspecified atom stereocenters. The lowest BCUT2D eigenvalue weighted by Crippen LogP contribution is -1.98. The van der Waals surface area contributed by atoms with Gasteiger partial charge in [-0.25, -0.2) is 0 Å². The minimum Gasteiger partial charge on any atom is -0.385 e. The van der Waals surface area contributed by atoms with Gasteiger partial charge in [0.2, 0.25) is 0 Å². The number of carbonyl (C=O) groups is 2. The highest BCUT2D eigenvalue weighted by Crippen LogP contribution is 2.11. The van der Waals surface area contributed by atoms with Gasteiger partial charge in [0.1, 0.15) is 2.74 Å². The van der Waals surface area contributed by atoms with Gasteiger partial charge in [-0.2, -0.15) is 0 Å². The van der Waals surface area contributed by atoms with Crippen LogP contribution in [0.4, 0.5) is 5.69 Å². The number of anilines is 1. The summed E-state index contributed by atoms with van der Waals surface area (Å²) >= 11 is 0. The number of aldehydes is 2. The van der Waals surface area contributed by atoms with Gasteiger partial charge >= 0.3 is 0 Å². The van der Waals surface area contributed by atoms with E-state index in [2.05, 4.69) is 12.2 Å². The first kappa shape index (κ1) is 12.6. The lowest BCUT2D eigenvalue weighted by atomic mass is 10.1. The average Bonchev–Trinajstić information content (AvgIpc) is 2.45. The topological polar surface area (TPSA) is 46.2 Å². The molecule has 0 spiro atoms. The van der Waals surface area contributed by atoms with E-state index in [0.717, 1.165) is 18.7 Å². The van der Waals surface area contributed by atoms with E-state index in [9.17, 15) is 9.59 Å². The number of benzene rings is 1. The van der Waals surface area contributed by atoms with Crippen molar-refractivity contribution in [3.8, 4) is 0 Å². The Morgan fingerprint density at radius 2 is 1.78 bits per heavy atom. The fraction of sp³-hybridized carbons (Fsp3) is 0.333. The Bertz CT molecular complexity index is 451. The number of hydrogen-bond donors (Lipinski definition) is 1. The van der Waals surface area contributed by atoms with Crippen molar-refractivity contribution < 1.29 is 12.3 Å². The van der Waals surface area contributed by atoms with E-state index in [1.165, 1.54) is 6.08 Å². The molecule has 98 valence electrons. The van der Waals surface area contributed by atoms with Crippen LogP contribution in [0.2, 0.25) is 0 Å². The summed E-state index contributed by atoms with van der Waals surface area (Å²) in [6.07, 6.45) is 0.00665. The molecular weight excluding hydrogens is 226 g/mol. The molecule has 0 aliphatic heterocycles. The van der Waals surface area contributed by atoms with Crippen LogP contribution in [0.15, 0.2) is 29.8 Å². The summed E-state index contributed by atoms with van der Waals surface area (Å²) in [7, 11) is 0. The van der Waals surface area contributed by atoms with Gasteiger partial charge < -0.3 is 5.32 Å². The minimum atomic E-state index is -1.14. The van der Waals surface area contributed by atoms with Gasteiger partial charge in [0.15, 0.2) is 12.5 Å². The Balaban J connectivity index is 0.00000172. The molecule has 3 nitrogen and oxygen atoms in total. The van der Waals surface area contributed by atoms with Crippen LogP contribution in [0.3, 0.4) is 0 Å². The third-order valence-corrected chi connectivity index (χ3v) is 2.02. The van der Waals surface area contributed by atoms with Crippen molar-refractivity contribution in [1.82, 2.24) is 0 Å². The van der Waals surface area contributed by atoms with E-state index in [-0.39, 0.29) is 0 Å². The number of allylic oxidation sites excluding steroid dienone is 1. The molecule has 0 atom stereocenters.